The quantitative estimate of drug-likeness (QED) is 0.604. The molecule has 0 aliphatic rings. The van der Waals surface area contributed by atoms with Crippen LogP contribution < -0.4 is 9.47 Å². The zero-order valence-electron chi connectivity index (χ0n) is 11.6. The van der Waals surface area contributed by atoms with Crippen LogP contribution in [0.3, 0.4) is 0 Å². The van der Waals surface area contributed by atoms with Gasteiger partial charge in [-0.3, -0.25) is 0 Å². The average Bonchev–Trinajstić information content (AvgIpc) is 2.40. The van der Waals surface area contributed by atoms with Crippen LogP contribution in [-0.2, 0) is 6.42 Å². The SMILES string of the molecule is C=CCCc1cc(OCCC)cc(OCCC)c1. The van der Waals surface area contributed by atoms with Crippen molar-refractivity contribution >= 4 is 0 Å². The molecule has 2 heteroatoms. The van der Waals surface area contributed by atoms with Crippen LogP contribution in [0.25, 0.3) is 0 Å². The Kier molecular flexibility index (Phi) is 7.00. The molecule has 0 aliphatic heterocycles. The molecule has 0 aromatic heterocycles. The van der Waals surface area contributed by atoms with Crippen molar-refractivity contribution in [3.05, 3.63) is 36.4 Å². The number of hydrogen-bond acceptors (Lipinski definition) is 2. The van der Waals surface area contributed by atoms with E-state index in [2.05, 4.69) is 32.6 Å². The number of allylic oxidation sites excluding steroid dienone is 1. The van der Waals surface area contributed by atoms with Gasteiger partial charge in [0.2, 0.25) is 0 Å². The van der Waals surface area contributed by atoms with E-state index in [4.69, 9.17) is 9.47 Å². The van der Waals surface area contributed by atoms with Crippen LogP contribution in [0.15, 0.2) is 30.9 Å². The number of aryl methyl sites for hydroxylation is 1. The normalized spacial score (nSPS) is 10.1. The molecular weight excluding hydrogens is 224 g/mol. The number of ether oxygens (including phenoxy) is 2. The fraction of sp³-hybridized carbons (Fsp3) is 0.500. The second-order valence-corrected chi connectivity index (χ2v) is 4.34. The molecule has 0 saturated carbocycles. The molecule has 0 radical (unpaired) electrons. The Hall–Kier alpha value is -1.44. The first-order valence-corrected chi connectivity index (χ1v) is 6.80. The van der Waals surface area contributed by atoms with E-state index in [1.54, 1.807) is 0 Å². The smallest absolute Gasteiger partial charge is 0.123 e. The fourth-order valence-corrected chi connectivity index (χ4v) is 1.65. The fourth-order valence-electron chi connectivity index (χ4n) is 1.65. The Balaban J connectivity index is 2.77. The topological polar surface area (TPSA) is 18.5 Å². The van der Waals surface area contributed by atoms with Gasteiger partial charge in [0.15, 0.2) is 0 Å². The number of rotatable bonds is 9. The maximum absolute atomic E-state index is 5.69. The van der Waals surface area contributed by atoms with Crippen LogP contribution in [-0.4, -0.2) is 13.2 Å². The van der Waals surface area contributed by atoms with Gasteiger partial charge in [0.25, 0.3) is 0 Å². The molecule has 0 fully saturated rings. The maximum atomic E-state index is 5.69. The minimum atomic E-state index is 0.748. The molecule has 0 amide bonds. The first-order chi connectivity index (χ1) is 8.80. The van der Waals surface area contributed by atoms with Gasteiger partial charge in [-0.15, -0.1) is 6.58 Å². The summed E-state index contributed by atoms with van der Waals surface area (Å²) >= 11 is 0. The highest BCUT2D eigenvalue weighted by molar-refractivity contribution is 5.38. The summed E-state index contributed by atoms with van der Waals surface area (Å²) in [6.07, 6.45) is 5.93. The summed E-state index contributed by atoms with van der Waals surface area (Å²) in [7, 11) is 0. The molecule has 18 heavy (non-hydrogen) atoms. The summed E-state index contributed by atoms with van der Waals surface area (Å²) in [4.78, 5) is 0. The summed E-state index contributed by atoms with van der Waals surface area (Å²) in [5.74, 6) is 1.81. The Labute approximate surface area is 111 Å². The van der Waals surface area contributed by atoms with Crippen molar-refractivity contribution in [3.63, 3.8) is 0 Å². The lowest BCUT2D eigenvalue weighted by atomic mass is 10.1. The number of benzene rings is 1. The summed E-state index contributed by atoms with van der Waals surface area (Å²) in [5, 5.41) is 0. The van der Waals surface area contributed by atoms with Gasteiger partial charge in [0, 0.05) is 6.07 Å². The van der Waals surface area contributed by atoms with E-state index in [1.807, 2.05) is 12.1 Å². The van der Waals surface area contributed by atoms with E-state index in [0.717, 1.165) is 50.4 Å². The van der Waals surface area contributed by atoms with E-state index in [9.17, 15) is 0 Å². The molecule has 100 valence electrons. The van der Waals surface area contributed by atoms with Gasteiger partial charge >= 0.3 is 0 Å². The molecule has 0 aliphatic carbocycles. The monoisotopic (exact) mass is 248 g/mol. The largest absolute Gasteiger partial charge is 0.493 e. The van der Waals surface area contributed by atoms with E-state index in [1.165, 1.54) is 5.56 Å². The lowest BCUT2D eigenvalue weighted by Crippen LogP contribution is -1.99. The highest BCUT2D eigenvalue weighted by Gasteiger charge is 2.03. The van der Waals surface area contributed by atoms with Crippen LogP contribution in [0.4, 0.5) is 0 Å². The predicted molar refractivity (Wildman–Crippen MR) is 76.5 cm³/mol. The standard InChI is InChI=1S/C16H24O2/c1-4-7-8-14-11-15(17-9-5-2)13-16(12-14)18-10-6-3/h4,11-13H,1,5-10H2,2-3H3. The Morgan fingerprint density at radius 1 is 1.00 bits per heavy atom. The van der Waals surface area contributed by atoms with Crippen LogP contribution in [0.5, 0.6) is 11.5 Å². The third-order valence-electron chi connectivity index (χ3n) is 2.52. The van der Waals surface area contributed by atoms with Crippen molar-refractivity contribution in [2.45, 2.75) is 39.5 Å². The van der Waals surface area contributed by atoms with Gasteiger partial charge in [0.1, 0.15) is 11.5 Å². The molecule has 0 saturated heterocycles. The van der Waals surface area contributed by atoms with Crippen LogP contribution in [0, 0.1) is 0 Å². The molecule has 1 aromatic carbocycles. The third kappa shape index (κ3) is 5.26. The molecule has 0 heterocycles. The Morgan fingerprint density at radius 3 is 2.00 bits per heavy atom. The predicted octanol–water partition coefficient (Wildman–Crippen LogP) is 4.38. The zero-order chi connectivity index (χ0) is 13.2. The molecule has 2 nitrogen and oxygen atoms in total. The zero-order valence-corrected chi connectivity index (χ0v) is 11.6. The summed E-state index contributed by atoms with van der Waals surface area (Å²) in [6.45, 7) is 9.47. The van der Waals surface area contributed by atoms with Gasteiger partial charge in [-0.25, -0.2) is 0 Å². The molecule has 0 N–H and O–H groups in total. The Morgan fingerprint density at radius 2 is 1.56 bits per heavy atom. The second kappa shape index (κ2) is 8.62. The molecule has 1 rings (SSSR count). The van der Waals surface area contributed by atoms with E-state index < -0.39 is 0 Å². The first kappa shape index (κ1) is 14.6. The van der Waals surface area contributed by atoms with Crippen LogP contribution in [0.2, 0.25) is 0 Å². The highest BCUT2D eigenvalue weighted by atomic mass is 16.5. The van der Waals surface area contributed by atoms with Gasteiger partial charge in [-0.05, 0) is 43.4 Å². The van der Waals surface area contributed by atoms with Crippen LogP contribution >= 0.6 is 0 Å². The van der Waals surface area contributed by atoms with Crippen molar-refractivity contribution in [1.82, 2.24) is 0 Å². The lowest BCUT2D eigenvalue weighted by Gasteiger charge is -2.11. The van der Waals surface area contributed by atoms with E-state index in [0.29, 0.717) is 0 Å². The summed E-state index contributed by atoms with van der Waals surface area (Å²) in [6, 6.07) is 6.17. The number of hydrogen-bond donors (Lipinski definition) is 0. The molecule has 1 aromatic rings. The van der Waals surface area contributed by atoms with Crippen molar-refractivity contribution in [2.24, 2.45) is 0 Å². The van der Waals surface area contributed by atoms with Gasteiger partial charge in [0.05, 0.1) is 13.2 Å². The molecule has 0 atom stereocenters. The first-order valence-electron chi connectivity index (χ1n) is 6.80. The van der Waals surface area contributed by atoms with Crippen molar-refractivity contribution in [2.75, 3.05) is 13.2 Å². The van der Waals surface area contributed by atoms with E-state index in [-0.39, 0.29) is 0 Å². The highest BCUT2D eigenvalue weighted by Crippen LogP contribution is 2.24. The molecule has 0 unspecified atom stereocenters. The minimum Gasteiger partial charge on any atom is -0.493 e. The Bertz CT molecular complexity index is 332. The van der Waals surface area contributed by atoms with Gasteiger partial charge < -0.3 is 9.47 Å². The van der Waals surface area contributed by atoms with Crippen molar-refractivity contribution in [3.8, 4) is 11.5 Å². The lowest BCUT2D eigenvalue weighted by molar-refractivity contribution is 0.301. The second-order valence-electron chi connectivity index (χ2n) is 4.34. The maximum Gasteiger partial charge on any atom is 0.123 e. The average molecular weight is 248 g/mol. The van der Waals surface area contributed by atoms with Crippen molar-refractivity contribution < 1.29 is 9.47 Å². The summed E-state index contributed by atoms with van der Waals surface area (Å²) < 4.78 is 11.4. The minimum absolute atomic E-state index is 0.748. The van der Waals surface area contributed by atoms with Gasteiger partial charge in [-0.2, -0.15) is 0 Å². The van der Waals surface area contributed by atoms with Crippen LogP contribution in [0.1, 0.15) is 38.7 Å². The third-order valence-corrected chi connectivity index (χ3v) is 2.52. The van der Waals surface area contributed by atoms with Gasteiger partial charge in [-0.1, -0.05) is 19.9 Å². The summed E-state index contributed by atoms with van der Waals surface area (Å²) in [5.41, 5.74) is 1.25. The van der Waals surface area contributed by atoms with Crippen molar-refractivity contribution in [1.29, 1.82) is 0 Å². The molecule has 0 bridgehead atoms. The molecule has 0 spiro atoms. The van der Waals surface area contributed by atoms with E-state index >= 15 is 0 Å². The molecular formula is C16H24O2.